The number of rotatable bonds is 5. The second kappa shape index (κ2) is 5.78. The van der Waals surface area contributed by atoms with E-state index in [1.54, 1.807) is 0 Å². The maximum absolute atomic E-state index is 6.01. The van der Waals surface area contributed by atoms with Gasteiger partial charge >= 0.3 is 0 Å². The van der Waals surface area contributed by atoms with Gasteiger partial charge in [0, 0.05) is 6.42 Å². The summed E-state index contributed by atoms with van der Waals surface area (Å²) in [5.74, 6) is 1.74. The fraction of sp³-hybridized carbons (Fsp3) is 0.429. The summed E-state index contributed by atoms with van der Waals surface area (Å²) in [7, 11) is 0. The van der Waals surface area contributed by atoms with Crippen LogP contribution in [0, 0.1) is 5.92 Å². The largest absolute Gasteiger partial charge is 0.338 e. The Balaban J connectivity index is 2.02. The number of benzene rings is 1. The van der Waals surface area contributed by atoms with Crippen LogP contribution in [0.3, 0.4) is 0 Å². The molecule has 2 aromatic rings. The van der Waals surface area contributed by atoms with Crippen LogP contribution >= 0.6 is 0 Å². The summed E-state index contributed by atoms with van der Waals surface area (Å²) in [6, 6.07) is 9.92. The van der Waals surface area contributed by atoms with Crippen LogP contribution in [0.5, 0.6) is 0 Å². The Labute approximate surface area is 107 Å². The third-order valence-corrected chi connectivity index (χ3v) is 2.73. The van der Waals surface area contributed by atoms with E-state index in [1.165, 1.54) is 5.56 Å². The van der Waals surface area contributed by atoms with Crippen molar-refractivity contribution in [3.63, 3.8) is 0 Å². The quantitative estimate of drug-likeness (QED) is 0.879. The van der Waals surface area contributed by atoms with Gasteiger partial charge in [-0.2, -0.15) is 4.98 Å². The fourth-order valence-electron chi connectivity index (χ4n) is 1.88. The molecule has 96 valence electrons. The summed E-state index contributed by atoms with van der Waals surface area (Å²) in [5, 5.41) is 3.97. The van der Waals surface area contributed by atoms with E-state index in [1.807, 2.05) is 30.3 Å². The Morgan fingerprint density at radius 2 is 1.94 bits per heavy atom. The Bertz CT molecular complexity index is 479. The van der Waals surface area contributed by atoms with Crippen molar-refractivity contribution in [3.8, 4) is 0 Å². The topological polar surface area (TPSA) is 64.9 Å². The second-order valence-corrected chi connectivity index (χ2v) is 4.95. The molecular weight excluding hydrogens is 226 g/mol. The summed E-state index contributed by atoms with van der Waals surface area (Å²) >= 11 is 0. The van der Waals surface area contributed by atoms with Crippen molar-refractivity contribution in [3.05, 3.63) is 47.6 Å². The van der Waals surface area contributed by atoms with Crippen molar-refractivity contribution in [2.24, 2.45) is 11.7 Å². The van der Waals surface area contributed by atoms with Crippen molar-refractivity contribution in [1.82, 2.24) is 10.1 Å². The van der Waals surface area contributed by atoms with Gasteiger partial charge in [-0.25, -0.2) is 0 Å². The summed E-state index contributed by atoms with van der Waals surface area (Å²) in [4.78, 5) is 4.36. The highest BCUT2D eigenvalue weighted by molar-refractivity contribution is 5.18. The van der Waals surface area contributed by atoms with Gasteiger partial charge < -0.3 is 10.3 Å². The highest BCUT2D eigenvalue weighted by atomic mass is 16.5. The van der Waals surface area contributed by atoms with Gasteiger partial charge in [0.2, 0.25) is 5.89 Å². The third-order valence-electron chi connectivity index (χ3n) is 2.73. The Kier molecular flexibility index (Phi) is 4.10. The van der Waals surface area contributed by atoms with E-state index < -0.39 is 0 Å². The first-order valence-electron chi connectivity index (χ1n) is 6.27. The highest BCUT2D eigenvalue weighted by Gasteiger charge is 2.16. The summed E-state index contributed by atoms with van der Waals surface area (Å²) in [5.41, 5.74) is 7.18. The maximum Gasteiger partial charge on any atom is 0.243 e. The minimum atomic E-state index is -0.165. The molecule has 0 spiro atoms. The van der Waals surface area contributed by atoms with Crippen LogP contribution in [0.25, 0.3) is 0 Å². The van der Waals surface area contributed by atoms with Gasteiger partial charge in [-0.05, 0) is 17.9 Å². The number of hydrogen-bond acceptors (Lipinski definition) is 4. The Morgan fingerprint density at radius 1 is 1.22 bits per heavy atom. The fourth-order valence-corrected chi connectivity index (χ4v) is 1.88. The zero-order valence-electron chi connectivity index (χ0n) is 10.8. The molecule has 0 saturated heterocycles. The van der Waals surface area contributed by atoms with E-state index in [-0.39, 0.29) is 6.04 Å². The zero-order valence-corrected chi connectivity index (χ0v) is 10.8. The lowest BCUT2D eigenvalue weighted by Crippen LogP contribution is -2.13. The van der Waals surface area contributed by atoms with Crippen LogP contribution in [0.2, 0.25) is 0 Å². The van der Waals surface area contributed by atoms with Gasteiger partial charge in [0.15, 0.2) is 5.82 Å². The lowest BCUT2D eigenvalue weighted by atomic mass is 10.0. The molecule has 1 aromatic heterocycles. The number of aromatic nitrogens is 2. The van der Waals surface area contributed by atoms with Gasteiger partial charge in [0.1, 0.15) is 0 Å². The first-order chi connectivity index (χ1) is 8.65. The molecule has 0 bridgehead atoms. The predicted octanol–water partition coefficient (Wildman–Crippen LogP) is 2.71. The molecule has 2 N–H and O–H groups in total. The molecule has 0 fully saturated rings. The lowest BCUT2D eigenvalue weighted by molar-refractivity contribution is 0.333. The highest BCUT2D eigenvalue weighted by Crippen LogP contribution is 2.17. The summed E-state index contributed by atoms with van der Waals surface area (Å²) in [6.07, 6.45) is 1.53. The van der Waals surface area contributed by atoms with E-state index in [9.17, 15) is 0 Å². The molecule has 2 rings (SSSR count). The molecular formula is C14H19N3O. The molecule has 1 atom stereocenters. The molecule has 0 saturated carbocycles. The summed E-state index contributed by atoms with van der Waals surface area (Å²) in [6.45, 7) is 4.25. The van der Waals surface area contributed by atoms with Crippen molar-refractivity contribution >= 4 is 0 Å². The van der Waals surface area contributed by atoms with Gasteiger partial charge in [0.05, 0.1) is 6.04 Å². The minimum Gasteiger partial charge on any atom is -0.338 e. The van der Waals surface area contributed by atoms with Crippen molar-refractivity contribution < 1.29 is 4.52 Å². The average molecular weight is 245 g/mol. The third kappa shape index (κ3) is 3.40. The van der Waals surface area contributed by atoms with E-state index >= 15 is 0 Å². The van der Waals surface area contributed by atoms with Gasteiger partial charge in [-0.1, -0.05) is 49.3 Å². The normalized spacial score (nSPS) is 12.9. The molecule has 0 amide bonds. The molecule has 0 radical (unpaired) electrons. The molecule has 4 nitrogen and oxygen atoms in total. The maximum atomic E-state index is 6.01. The molecule has 4 heteroatoms. The molecule has 0 aliphatic rings. The molecule has 0 aliphatic heterocycles. The molecule has 1 unspecified atom stereocenters. The minimum absolute atomic E-state index is 0.165. The number of nitrogens with two attached hydrogens (primary N) is 1. The first kappa shape index (κ1) is 12.8. The monoisotopic (exact) mass is 245 g/mol. The first-order valence-corrected chi connectivity index (χ1v) is 6.27. The van der Waals surface area contributed by atoms with Crippen molar-refractivity contribution in [1.29, 1.82) is 0 Å². The van der Waals surface area contributed by atoms with Crippen LogP contribution in [-0.2, 0) is 6.42 Å². The van der Waals surface area contributed by atoms with Gasteiger partial charge in [-0.15, -0.1) is 0 Å². The molecule has 1 heterocycles. The zero-order chi connectivity index (χ0) is 13.0. The van der Waals surface area contributed by atoms with Crippen LogP contribution in [0.15, 0.2) is 34.9 Å². The Morgan fingerprint density at radius 3 is 2.61 bits per heavy atom. The van der Waals surface area contributed by atoms with Crippen LogP contribution in [0.4, 0.5) is 0 Å². The average Bonchev–Trinajstić information content (AvgIpc) is 2.78. The predicted molar refractivity (Wildman–Crippen MR) is 69.9 cm³/mol. The van der Waals surface area contributed by atoms with E-state index in [4.69, 9.17) is 10.3 Å². The summed E-state index contributed by atoms with van der Waals surface area (Å²) < 4.78 is 5.21. The van der Waals surface area contributed by atoms with Gasteiger partial charge in [-0.3, -0.25) is 0 Å². The number of hydrogen-bond donors (Lipinski definition) is 1. The van der Waals surface area contributed by atoms with E-state index in [2.05, 4.69) is 24.0 Å². The molecule has 0 aliphatic carbocycles. The van der Waals surface area contributed by atoms with E-state index in [0.717, 1.165) is 6.42 Å². The van der Waals surface area contributed by atoms with Crippen LogP contribution in [-0.4, -0.2) is 10.1 Å². The lowest BCUT2D eigenvalue weighted by Gasteiger charge is -2.08. The van der Waals surface area contributed by atoms with Crippen LogP contribution in [0.1, 0.15) is 43.6 Å². The van der Waals surface area contributed by atoms with Crippen LogP contribution < -0.4 is 5.73 Å². The molecule has 1 aromatic carbocycles. The molecule has 18 heavy (non-hydrogen) atoms. The van der Waals surface area contributed by atoms with Crippen molar-refractivity contribution in [2.45, 2.75) is 32.7 Å². The number of nitrogens with zero attached hydrogens (tertiary/aromatic N) is 2. The second-order valence-electron chi connectivity index (χ2n) is 4.95. The van der Waals surface area contributed by atoms with Crippen molar-refractivity contribution in [2.75, 3.05) is 0 Å². The van der Waals surface area contributed by atoms with Gasteiger partial charge in [0.25, 0.3) is 0 Å². The smallest absolute Gasteiger partial charge is 0.243 e. The SMILES string of the molecule is CC(C)CC(N)c1nc(Cc2ccccc2)no1. The van der Waals surface area contributed by atoms with E-state index in [0.29, 0.717) is 24.1 Å². The Hall–Kier alpha value is -1.68. The standard InChI is InChI=1S/C14H19N3O/c1-10(2)8-12(15)14-16-13(17-18-14)9-11-6-4-3-5-7-11/h3-7,10,12H,8-9,15H2,1-2H3.